The van der Waals surface area contributed by atoms with Crippen LogP contribution in [0, 0.1) is 0 Å². The second kappa shape index (κ2) is 7.72. The number of hydrogen-bond acceptors (Lipinski definition) is 4. The van der Waals surface area contributed by atoms with Gasteiger partial charge in [-0.15, -0.1) is 0 Å². The van der Waals surface area contributed by atoms with Crippen molar-refractivity contribution in [1.82, 2.24) is 14.5 Å². The van der Waals surface area contributed by atoms with Crippen molar-refractivity contribution >= 4 is 67.9 Å². The summed E-state index contributed by atoms with van der Waals surface area (Å²) in [5, 5.41) is 13.6. The third-order valence-electron chi connectivity index (χ3n) is 5.12. The summed E-state index contributed by atoms with van der Waals surface area (Å²) in [5.41, 5.74) is 4.57. The van der Waals surface area contributed by atoms with Gasteiger partial charge in [-0.1, -0.05) is 53.5 Å². The van der Waals surface area contributed by atoms with E-state index in [1.807, 2.05) is 53.1 Å². The summed E-state index contributed by atoms with van der Waals surface area (Å²) in [7, 11) is 0. The molecule has 0 fully saturated rings. The van der Waals surface area contributed by atoms with E-state index in [1.54, 1.807) is 0 Å². The Bertz CT molecular complexity index is 1460. The van der Waals surface area contributed by atoms with Crippen molar-refractivity contribution in [2.24, 2.45) is 0 Å². The average Bonchev–Trinajstić information content (AvgIpc) is 3.07. The molecule has 2 N–H and O–H groups in total. The molecule has 3 aromatic carbocycles. The summed E-state index contributed by atoms with van der Waals surface area (Å²) in [6.45, 7) is 0.419. The lowest BCUT2D eigenvalue weighted by molar-refractivity contribution is -0.116. The number of carbonyl (C=O) groups excluding carboxylic acids is 1. The topological polar surface area (TPSA) is 80.0 Å². The van der Waals surface area contributed by atoms with Crippen molar-refractivity contribution in [2.45, 2.75) is 13.0 Å². The molecular weight excluding hydrogens is 435 g/mol. The Morgan fingerprint density at radius 3 is 2.35 bits per heavy atom. The predicted molar refractivity (Wildman–Crippen MR) is 124 cm³/mol. The van der Waals surface area contributed by atoms with Gasteiger partial charge in [0.05, 0.1) is 26.6 Å². The highest BCUT2D eigenvalue weighted by Gasteiger charge is 2.15. The first-order valence-corrected chi connectivity index (χ1v) is 10.4. The van der Waals surface area contributed by atoms with Crippen LogP contribution in [-0.2, 0) is 11.3 Å². The van der Waals surface area contributed by atoms with Gasteiger partial charge in [-0.2, -0.15) is 0 Å². The molecule has 0 radical (unpaired) electrons. The van der Waals surface area contributed by atoms with Crippen LogP contribution in [0.3, 0.4) is 0 Å². The van der Waals surface area contributed by atoms with Gasteiger partial charge in [0.25, 0.3) is 0 Å². The van der Waals surface area contributed by atoms with Gasteiger partial charge in [0.15, 0.2) is 11.4 Å². The van der Waals surface area contributed by atoms with E-state index >= 15 is 0 Å². The van der Waals surface area contributed by atoms with E-state index in [0.717, 1.165) is 33.1 Å². The van der Waals surface area contributed by atoms with Crippen LogP contribution in [0.5, 0.6) is 5.75 Å². The number of amides is 1. The number of phenolic OH excluding ortho intramolecular Hbond substituents is 1. The van der Waals surface area contributed by atoms with E-state index in [2.05, 4.69) is 5.32 Å². The average molecular weight is 451 g/mol. The molecule has 0 atom stereocenters. The molecule has 0 saturated heterocycles. The van der Waals surface area contributed by atoms with E-state index in [4.69, 9.17) is 33.2 Å². The summed E-state index contributed by atoms with van der Waals surface area (Å²) in [4.78, 5) is 22.2. The first-order chi connectivity index (χ1) is 15.0. The van der Waals surface area contributed by atoms with E-state index in [1.165, 1.54) is 12.1 Å². The number of aryl methyl sites for hydroxylation is 1. The van der Waals surface area contributed by atoms with Gasteiger partial charge in [-0.05, 0) is 30.3 Å². The SMILES string of the molecule is O=C(CCn1c2ccccc2c2nc3ccccc3nc21)Nc1cc(Cl)c(O)c(Cl)c1. The molecule has 5 aromatic rings. The number of benzene rings is 3. The summed E-state index contributed by atoms with van der Waals surface area (Å²) in [6.07, 6.45) is 0.207. The predicted octanol–water partition coefficient (Wildman–Crippen LogP) is 5.78. The maximum absolute atomic E-state index is 12.6. The zero-order chi connectivity index (χ0) is 21.5. The molecule has 0 unspecified atom stereocenters. The molecule has 1 amide bonds. The Morgan fingerprint density at radius 1 is 0.968 bits per heavy atom. The molecule has 154 valence electrons. The molecule has 8 heteroatoms. The number of carbonyl (C=O) groups is 1. The normalized spacial score (nSPS) is 11.4. The number of halogens is 2. The van der Waals surface area contributed by atoms with Crippen LogP contribution < -0.4 is 5.32 Å². The monoisotopic (exact) mass is 450 g/mol. The maximum Gasteiger partial charge on any atom is 0.226 e. The lowest BCUT2D eigenvalue weighted by Gasteiger charge is -2.10. The molecule has 0 aliphatic rings. The second-order valence-electron chi connectivity index (χ2n) is 7.14. The number of fused-ring (bicyclic) bond motifs is 4. The van der Waals surface area contributed by atoms with Gasteiger partial charge in [0.2, 0.25) is 5.91 Å². The van der Waals surface area contributed by atoms with Gasteiger partial charge in [0, 0.05) is 24.0 Å². The Labute approximate surface area is 187 Å². The zero-order valence-corrected chi connectivity index (χ0v) is 17.7. The molecule has 6 nitrogen and oxygen atoms in total. The third-order valence-corrected chi connectivity index (χ3v) is 5.70. The van der Waals surface area contributed by atoms with Gasteiger partial charge in [0.1, 0.15) is 5.52 Å². The molecule has 0 bridgehead atoms. The molecule has 0 aliphatic heterocycles. The summed E-state index contributed by atoms with van der Waals surface area (Å²) in [6, 6.07) is 18.6. The van der Waals surface area contributed by atoms with Crippen molar-refractivity contribution in [1.29, 1.82) is 0 Å². The Hall–Kier alpha value is -3.35. The largest absolute Gasteiger partial charge is 0.505 e. The first kappa shape index (κ1) is 19.6. The molecule has 0 saturated carbocycles. The maximum atomic E-state index is 12.6. The summed E-state index contributed by atoms with van der Waals surface area (Å²) < 4.78 is 2.01. The van der Waals surface area contributed by atoms with Gasteiger partial charge in [-0.25, -0.2) is 9.97 Å². The van der Waals surface area contributed by atoms with Crippen LogP contribution in [0.2, 0.25) is 10.0 Å². The standard InChI is InChI=1S/C23H16Cl2N4O2/c24-15-11-13(12-16(25)22(15)31)26-20(30)9-10-29-19-8-4-1-5-14(19)21-23(29)28-18-7-3-2-6-17(18)27-21/h1-8,11-12,31H,9-10H2,(H,26,30). The quantitative estimate of drug-likeness (QED) is 0.340. The van der Waals surface area contributed by atoms with Crippen LogP contribution >= 0.6 is 23.2 Å². The van der Waals surface area contributed by atoms with Gasteiger partial charge in [-0.3, -0.25) is 4.79 Å². The number of anilines is 1. The van der Waals surface area contributed by atoms with Crippen molar-refractivity contribution in [3.63, 3.8) is 0 Å². The van der Waals surface area contributed by atoms with E-state index in [9.17, 15) is 9.90 Å². The van der Waals surface area contributed by atoms with E-state index in [-0.39, 0.29) is 28.1 Å². The molecular formula is C23H16Cl2N4O2. The fourth-order valence-corrected chi connectivity index (χ4v) is 4.17. The third kappa shape index (κ3) is 3.54. The van der Waals surface area contributed by atoms with E-state index < -0.39 is 0 Å². The van der Waals surface area contributed by atoms with Crippen LogP contribution in [0.25, 0.3) is 33.1 Å². The Morgan fingerprint density at radius 2 is 1.61 bits per heavy atom. The number of nitrogens with zero attached hydrogens (tertiary/aromatic N) is 3. The van der Waals surface area contributed by atoms with Crippen LogP contribution in [0.15, 0.2) is 60.7 Å². The van der Waals surface area contributed by atoms with Crippen LogP contribution in [-0.4, -0.2) is 25.5 Å². The Kier molecular flexibility index (Phi) is 4.88. The minimum atomic E-state index is -0.211. The molecule has 5 rings (SSSR count). The zero-order valence-electron chi connectivity index (χ0n) is 16.1. The first-order valence-electron chi connectivity index (χ1n) is 9.63. The molecule has 2 heterocycles. The lowest BCUT2D eigenvalue weighted by atomic mass is 10.2. The Balaban J connectivity index is 1.48. The number of aromatic hydroxyl groups is 1. The summed E-state index contributed by atoms with van der Waals surface area (Å²) >= 11 is 11.9. The number of hydrogen-bond donors (Lipinski definition) is 2. The fraction of sp³-hybridized carbons (Fsp3) is 0.0870. The van der Waals surface area contributed by atoms with Crippen LogP contribution in [0.1, 0.15) is 6.42 Å². The lowest BCUT2D eigenvalue weighted by Crippen LogP contribution is -2.14. The van der Waals surface area contributed by atoms with Crippen molar-refractivity contribution in [2.75, 3.05) is 5.32 Å². The van der Waals surface area contributed by atoms with Gasteiger partial charge >= 0.3 is 0 Å². The molecule has 2 aromatic heterocycles. The van der Waals surface area contributed by atoms with Crippen LogP contribution in [0.4, 0.5) is 5.69 Å². The fourth-order valence-electron chi connectivity index (χ4n) is 3.68. The minimum Gasteiger partial charge on any atom is -0.505 e. The number of nitrogens with one attached hydrogen (secondary N) is 1. The number of aromatic nitrogens is 3. The molecule has 0 spiro atoms. The highest BCUT2D eigenvalue weighted by molar-refractivity contribution is 6.37. The number of rotatable bonds is 4. The van der Waals surface area contributed by atoms with Crippen molar-refractivity contribution < 1.29 is 9.90 Å². The second-order valence-corrected chi connectivity index (χ2v) is 7.95. The highest BCUT2D eigenvalue weighted by atomic mass is 35.5. The number of phenols is 1. The smallest absolute Gasteiger partial charge is 0.226 e. The van der Waals surface area contributed by atoms with E-state index in [0.29, 0.717) is 12.2 Å². The summed E-state index contributed by atoms with van der Waals surface area (Å²) in [5.74, 6) is -0.421. The minimum absolute atomic E-state index is 0.0763. The molecule has 0 aliphatic carbocycles. The van der Waals surface area contributed by atoms with Gasteiger partial charge < -0.3 is 15.0 Å². The number of para-hydroxylation sites is 3. The highest BCUT2D eigenvalue weighted by Crippen LogP contribution is 2.34. The molecule has 31 heavy (non-hydrogen) atoms. The van der Waals surface area contributed by atoms with Crippen molar-refractivity contribution in [3.8, 4) is 5.75 Å². The van der Waals surface area contributed by atoms with Crippen molar-refractivity contribution in [3.05, 3.63) is 70.7 Å².